The Kier molecular flexibility index (Phi) is 6.70. The van der Waals surface area contributed by atoms with E-state index in [0.29, 0.717) is 33.3 Å². The molecule has 0 aromatic heterocycles. The molecule has 1 saturated heterocycles. The van der Waals surface area contributed by atoms with E-state index >= 15 is 0 Å². The molecule has 5 nitrogen and oxygen atoms in total. The number of imide groups is 2. The van der Waals surface area contributed by atoms with Gasteiger partial charge in [-0.1, -0.05) is 69.5 Å². The summed E-state index contributed by atoms with van der Waals surface area (Å²) in [4.78, 5) is 39.4. The van der Waals surface area contributed by atoms with E-state index in [-0.39, 0.29) is 5.57 Å². The zero-order valence-corrected chi connectivity index (χ0v) is 20.5. The summed E-state index contributed by atoms with van der Waals surface area (Å²) in [6.45, 7) is 1.75. The molecule has 3 aromatic rings. The van der Waals surface area contributed by atoms with Crippen LogP contribution < -0.4 is 10.2 Å². The van der Waals surface area contributed by atoms with Crippen LogP contribution in [-0.2, 0) is 16.0 Å². The summed E-state index contributed by atoms with van der Waals surface area (Å²) >= 11 is 15.9. The zero-order chi connectivity index (χ0) is 23.7. The van der Waals surface area contributed by atoms with Crippen LogP contribution in [0.4, 0.5) is 10.5 Å². The maximum Gasteiger partial charge on any atom is 0.335 e. The zero-order valence-electron chi connectivity index (χ0n) is 17.4. The molecular weight excluding hydrogens is 527 g/mol. The minimum absolute atomic E-state index is 0.176. The first-order valence-electron chi connectivity index (χ1n) is 9.94. The van der Waals surface area contributed by atoms with Crippen LogP contribution in [0.2, 0.25) is 10.0 Å². The number of barbiturate groups is 1. The van der Waals surface area contributed by atoms with Gasteiger partial charge in [0.05, 0.1) is 5.69 Å². The quantitative estimate of drug-likeness (QED) is 0.309. The van der Waals surface area contributed by atoms with E-state index in [4.69, 9.17) is 23.2 Å². The van der Waals surface area contributed by atoms with Crippen LogP contribution in [0.1, 0.15) is 22.3 Å². The van der Waals surface area contributed by atoms with Crippen molar-refractivity contribution in [2.24, 2.45) is 0 Å². The number of rotatable bonds is 4. The first-order chi connectivity index (χ1) is 15.7. The molecule has 8 heteroatoms. The Hall–Kier alpha value is -2.93. The predicted molar refractivity (Wildman–Crippen MR) is 134 cm³/mol. The number of anilines is 1. The highest BCUT2D eigenvalue weighted by Crippen LogP contribution is 2.30. The van der Waals surface area contributed by atoms with Crippen molar-refractivity contribution in [3.8, 4) is 0 Å². The standard InChI is InChI=1S/C25H17BrCl2N2O3/c1-14-6-8-19(28)13-22(14)30-24(32)20(23(31)29-25(30)33)12-17-11-18(27)9-7-15(17)10-16-4-2-3-5-21(16)26/h2-9,11-13H,10H2,1H3,(H,29,31,33)/b20-12+. The van der Waals surface area contributed by atoms with Gasteiger partial charge in [0, 0.05) is 14.5 Å². The van der Waals surface area contributed by atoms with Gasteiger partial charge in [-0.05, 0) is 72.0 Å². The SMILES string of the molecule is Cc1ccc(Cl)cc1N1C(=O)NC(=O)/C(=C\c2cc(Cl)ccc2Cc2ccccc2Br)C1=O. The van der Waals surface area contributed by atoms with E-state index in [0.717, 1.165) is 20.5 Å². The summed E-state index contributed by atoms with van der Waals surface area (Å²) in [6.07, 6.45) is 2.01. The molecule has 4 rings (SSSR count). The summed E-state index contributed by atoms with van der Waals surface area (Å²) in [5.41, 5.74) is 3.29. The van der Waals surface area contributed by atoms with E-state index in [1.165, 1.54) is 12.1 Å². The van der Waals surface area contributed by atoms with Crippen molar-refractivity contribution in [3.63, 3.8) is 0 Å². The molecular formula is C25H17BrCl2N2O3. The molecule has 0 aliphatic carbocycles. The van der Waals surface area contributed by atoms with Gasteiger partial charge in [0.2, 0.25) is 0 Å². The van der Waals surface area contributed by atoms with Crippen molar-refractivity contribution in [1.82, 2.24) is 5.32 Å². The Morgan fingerprint density at radius 2 is 1.64 bits per heavy atom. The van der Waals surface area contributed by atoms with Gasteiger partial charge >= 0.3 is 6.03 Å². The van der Waals surface area contributed by atoms with E-state index in [9.17, 15) is 14.4 Å². The van der Waals surface area contributed by atoms with Crippen LogP contribution in [0.3, 0.4) is 0 Å². The minimum Gasteiger partial charge on any atom is -0.273 e. The van der Waals surface area contributed by atoms with Crippen LogP contribution in [0.25, 0.3) is 6.08 Å². The lowest BCUT2D eigenvalue weighted by molar-refractivity contribution is -0.122. The highest BCUT2D eigenvalue weighted by molar-refractivity contribution is 9.10. The number of hydrogen-bond acceptors (Lipinski definition) is 3. The van der Waals surface area contributed by atoms with Crippen molar-refractivity contribution in [2.45, 2.75) is 13.3 Å². The largest absolute Gasteiger partial charge is 0.335 e. The molecule has 1 aliphatic heterocycles. The number of aryl methyl sites for hydroxylation is 1. The second kappa shape index (κ2) is 9.51. The fourth-order valence-electron chi connectivity index (χ4n) is 3.56. The smallest absolute Gasteiger partial charge is 0.273 e. The van der Waals surface area contributed by atoms with Gasteiger partial charge in [-0.3, -0.25) is 14.9 Å². The Bertz CT molecular complexity index is 1340. The van der Waals surface area contributed by atoms with Crippen LogP contribution in [0.15, 0.2) is 70.7 Å². The van der Waals surface area contributed by atoms with Crippen LogP contribution in [0, 0.1) is 6.92 Å². The van der Waals surface area contributed by atoms with Crippen molar-refractivity contribution < 1.29 is 14.4 Å². The molecule has 3 aromatic carbocycles. The van der Waals surface area contributed by atoms with E-state index in [1.54, 1.807) is 31.2 Å². The topological polar surface area (TPSA) is 66.5 Å². The Morgan fingerprint density at radius 3 is 2.39 bits per heavy atom. The number of nitrogens with one attached hydrogen (secondary N) is 1. The summed E-state index contributed by atoms with van der Waals surface area (Å²) in [6, 6.07) is 17.1. The van der Waals surface area contributed by atoms with E-state index in [1.807, 2.05) is 30.3 Å². The molecule has 0 atom stereocenters. The lowest BCUT2D eigenvalue weighted by Gasteiger charge is -2.27. The molecule has 33 heavy (non-hydrogen) atoms. The number of carbonyl (C=O) groups excluding carboxylic acids is 3. The Labute approximate surface area is 209 Å². The van der Waals surface area contributed by atoms with Gasteiger partial charge in [-0.2, -0.15) is 0 Å². The third-order valence-corrected chi connectivity index (χ3v) is 6.50. The van der Waals surface area contributed by atoms with Crippen LogP contribution in [-0.4, -0.2) is 17.8 Å². The molecule has 0 bridgehead atoms. The maximum atomic E-state index is 13.3. The number of nitrogens with zero attached hydrogens (tertiary/aromatic N) is 1. The van der Waals surface area contributed by atoms with Gasteiger partial charge in [-0.25, -0.2) is 9.69 Å². The van der Waals surface area contributed by atoms with Gasteiger partial charge in [0.15, 0.2) is 0 Å². The number of halogens is 3. The summed E-state index contributed by atoms with van der Waals surface area (Å²) in [7, 11) is 0. The number of hydrogen-bond donors (Lipinski definition) is 1. The summed E-state index contributed by atoms with van der Waals surface area (Å²) in [5.74, 6) is -1.51. The summed E-state index contributed by atoms with van der Waals surface area (Å²) in [5, 5.41) is 3.07. The first kappa shape index (κ1) is 23.2. The predicted octanol–water partition coefficient (Wildman–Crippen LogP) is 6.32. The monoisotopic (exact) mass is 542 g/mol. The average molecular weight is 544 g/mol. The molecule has 1 fully saturated rings. The molecule has 1 N–H and O–H groups in total. The van der Waals surface area contributed by atoms with Crippen LogP contribution >= 0.6 is 39.1 Å². The van der Waals surface area contributed by atoms with Crippen molar-refractivity contribution >= 4 is 68.7 Å². The minimum atomic E-state index is -0.827. The molecule has 166 valence electrons. The third kappa shape index (κ3) is 4.88. The second-order valence-corrected chi connectivity index (χ2v) is 9.23. The summed E-state index contributed by atoms with van der Waals surface area (Å²) < 4.78 is 0.943. The second-order valence-electron chi connectivity index (χ2n) is 7.50. The van der Waals surface area contributed by atoms with Gasteiger partial charge < -0.3 is 0 Å². The van der Waals surface area contributed by atoms with Crippen molar-refractivity contribution in [1.29, 1.82) is 0 Å². The first-order valence-corrected chi connectivity index (χ1v) is 11.5. The molecule has 0 saturated carbocycles. The Morgan fingerprint density at radius 1 is 0.939 bits per heavy atom. The number of urea groups is 1. The van der Waals surface area contributed by atoms with Crippen molar-refractivity contribution in [2.75, 3.05) is 4.90 Å². The van der Waals surface area contributed by atoms with E-state index in [2.05, 4.69) is 21.2 Å². The van der Waals surface area contributed by atoms with E-state index < -0.39 is 17.8 Å². The van der Waals surface area contributed by atoms with Gasteiger partial charge in [-0.15, -0.1) is 0 Å². The number of amides is 4. The lowest BCUT2D eigenvalue weighted by Crippen LogP contribution is -2.54. The lowest BCUT2D eigenvalue weighted by atomic mass is 9.97. The van der Waals surface area contributed by atoms with Crippen LogP contribution in [0.5, 0.6) is 0 Å². The molecule has 0 unspecified atom stereocenters. The van der Waals surface area contributed by atoms with Gasteiger partial charge in [0.25, 0.3) is 11.8 Å². The molecule has 1 heterocycles. The number of carbonyl (C=O) groups is 3. The average Bonchev–Trinajstić information content (AvgIpc) is 2.76. The highest BCUT2D eigenvalue weighted by Gasteiger charge is 2.37. The highest BCUT2D eigenvalue weighted by atomic mass is 79.9. The third-order valence-electron chi connectivity index (χ3n) is 5.26. The molecule has 1 aliphatic rings. The van der Waals surface area contributed by atoms with Gasteiger partial charge in [0.1, 0.15) is 5.57 Å². The maximum absolute atomic E-state index is 13.3. The number of benzene rings is 3. The normalized spacial score (nSPS) is 15.2. The molecule has 0 spiro atoms. The fraction of sp³-hybridized carbons (Fsp3) is 0.0800. The fourth-order valence-corrected chi connectivity index (χ4v) is 4.34. The molecule has 0 radical (unpaired) electrons. The molecule has 4 amide bonds. The Balaban J connectivity index is 1.78. The van der Waals surface area contributed by atoms with Crippen molar-refractivity contribution in [3.05, 3.63) is 103 Å².